The molecule has 0 unspecified atom stereocenters. The van der Waals surface area contributed by atoms with Gasteiger partial charge in [0.05, 0.1) is 17.8 Å². The van der Waals surface area contributed by atoms with Gasteiger partial charge in [-0.05, 0) is 6.07 Å². The molecule has 2 N–H and O–H groups in total. The lowest BCUT2D eigenvalue weighted by Gasteiger charge is -2.16. The van der Waals surface area contributed by atoms with Crippen LogP contribution in [0.4, 0.5) is 5.69 Å². The van der Waals surface area contributed by atoms with Crippen molar-refractivity contribution in [1.29, 1.82) is 0 Å². The van der Waals surface area contributed by atoms with E-state index in [0.717, 1.165) is 6.07 Å². The van der Waals surface area contributed by atoms with E-state index in [-0.39, 0.29) is 11.1 Å². The summed E-state index contributed by atoms with van der Waals surface area (Å²) >= 11 is 1.32. The molecule has 1 saturated heterocycles. The average molecular weight is 299 g/mol. The van der Waals surface area contributed by atoms with Gasteiger partial charge in [-0.3, -0.25) is 10.1 Å². The van der Waals surface area contributed by atoms with Crippen molar-refractivity contribution in [3.8, 4) is 11.5 Å². The topological polar surface area (TPSA) is 132 Å². The molecule has 0 spiro atoms. The Labute approximate surface area is 117 Å². The van der Waals surface area contributed by atoms with E-state index >= 15 is 0 Å². The number of quaternary nitrogens is 1. The number of aliphatic carboxylic acids is 1. The zero-order valence-corrected chi connectivity index (χ0v) is 11.2. The van der Waals surface area contributed by atoms with Crippen LogP contribution in [0.25, 0.3) is 0 Å². The number of carbonyl (C=O) groups is 1. The van der Waals surface area contributed by atoms with E-state index in [4.69, 9.17) is 4.74 Å². The van der Waals surface area contributed by atoms with Crippen molar-refractivity contribution >= 4 is 23.4 Å². The van der Waals surface area contributed by atoms with E-state index in [0.29, 0.717) is 11.3 Å². The van der Waals surface area contributed by atoms with Crippen LogP contribution in [0.2, 0.25) is 0 Å². The molecule has 1 aliphatic rings. The number of benzene rings is 1. The maximum Gasteiger partial charge on any atom is 0.265 e. The molecule has 1 aliphatic heterocycles. The van der Waals surface area contributed by atoms with Gasteiger partial charge in [0.15, 0.2) is 5.37 Å². The number of rotatable bonds is 4. The molecule has 0 aliphatic carbocycles. The second-order valence-corrected chi connectivity index (χ2v) is 5.37. The Morgan fingerprint density at radius 1 is 1.55 bits per heavy atom. The summed E-state index contributed by atoms with van der Waals surface area (Å²) in [6.45, 7) is 0. The summed E-state index contributed by atoms with van der Waals surface area (Å²) in [6.07, 6.45) is 0. The molecule has 1 fully saturated rings. The highest BCUT2D eigenvalue weighted by atomic mass is 32.2. The van der Waals surface area contributed by atoms with Crippen LogP contribution in [0, 0.1) is 10.1 Å². The largest absolute Gasteiger partial charge is 0.865 e. The van der Waals surface area contributed by atoms with Gasteiger partial charge < -0.3 is 25.1 Å². The maximum atomic E-state index is 11.7. The number of nitro groups is 1. The fourth-order valence-electron chi connectivity index (χ4n) is 1.94. The predicted octanol–water partition coefficient (Wildman–Crippen LogP) is -1.90. The zero-order chi connectivity index (χ0) is 14.9. The molecule has 1 aromatic rings. The average Bonchev–Trinajstić information content (AvgIpc) is 2.88. The minimum atomic E-state index is -1.18. The van der Waals surface area contributed by atoms with Crippen molar-refractivity contribution in [2.45, 2.75) is 11.4 Å². The Hall–Kier alpha value is -2.00. The van der Waals surface area contributed by atoms with Gasteiger partial charge in [0, 0.05) is 17.4 Å². The highest BCUT2D eigenvalue weighted by Gasteiger charge is 2.32. The number of nitro benzene ring substituents is 1. The Kier molecular flexibility index (Phi) is 4.00. The van der Waals surface area contributed by atoms with Crippen LogP contribution in [0.1, 0.15) is 10.9 Å². The number of thioether (sulfide) groups is 1. The summed E-state index contributed by atoms with van der Waals surface area (Å²) < 4.78 is 4.84. The van der Waals surface area contributed by atoms with Crippen molar-refractivity contribution in [3.05, 3.63) is 27.8 Å². The molecule has 2 rings (SSSR count). The van der Waals surface area contributed by atoms with Gasteiger partial charge in [0.2, 0.25) is 0 Å². The molecule has 0 saturated carbocycles. The molecule has 0 bridgehead atoms. The number of carbonyl (C=O) groups excluding carboxylic acids is 1. The molecular formula is C11H11N2O6S-. The molecular weight excluding hydrogens is 288 g/mol. The number of hydrogen-bond acceptors (Lipinski definition) is 7. The standard InChI is InChI=1S/C11H12N2O6S/c1-19-8-3-5(2-7(9(8)14)13(17)18)10-12-6(4-20-10)11(15)16/h2-3,6,10,12,14H,4H2,1H3,(H,15,16)/p-1/t6-,10-/m1/s1. The second-order valence-electron chi connectivity index (χ2n) is 4.20. The van der Waals surface area contributed by atoms with Gasteiger partial charge >= 0.3 is 0 Å². The Bertz CT molecular complexity index is 564. The predicted molar refractivity (Wildman–Crippen MR) is 65.0 cm³/mol. The molecule has 0 aromatic heterocycles. The number of carboxylic acids is 1. The monoisotopic (exact) mass is 299 g/mol. The molecule has 0 amide bonds. The number of ether oxygens (including phenoxy) is 1. The van der Waals surface area contributed by atoms with Crippen molar-refractivity contribution in [3.63, 3.8) is 0 Å². The van der Waals surface area contributed by atoms with Gasteiger partial charge in [-0.15, -0.1) is 0 Å². The molecule has 1 aromatic carbocycles. The van der Waals surface area contributed by atoms with Gasteiger partial charge in [0.1, 0.15) is 17.8 Å². The third-order valence-electron chi connectivity index (χ3n) is 2.97. The lowest BCUT2D eigenvalue weighted by Crippen LogP contribution is -2.90. The van der Waals surface area contributed by atoms with Crippen molar-refractivity contribution in [2.75, 3.05) is 12.9 Å². The summed E-state index contributed by atoms with van der Waals surface area (Å²) in [5.41, 5.74) is -0.104. The molecule has 1 heterocycles. The van der Waals surface area contributed by atoms with E-state index < -0.39 is 28.4 Å². The van der Waals surface area contributed by atoms with Gasteiger partial charge in [-0.1, -0.05) is 11.8 Å². The van der Waals surface area contributed by atoms with Crippen molar-refractivity contribution in [1.82, 2.24) is 0 Å². The fourth-order valence-corrected chi connectivity index (χ4v) is 3.23. The molecule has 108 valence electrons. The van der Waals surface area contributed by atoms with Gasteiger partial charge in [-0.2, -0.15) is 0 Å². The Morgan fingerprint density at radius 3 is 2.75 bits per heavy atom. The third-order valence-corrected chi connectivity index (χ3v) is 4.31. The van der Waals surface area contributed by atoms with Crippen LogP contribution < -0.4 is 20.3 Å². The number of methoxy groups -OCH3 is 1. The Balaban J connectivity index is 2.35. The SMILES string of the molecule is COc1cc([C@@H]2[NH2+][C@@H](C(=O)[O-])CS2)cc([N+](=O)[O-])c1[O-]. The lowest BCUT2D eigenvalue weighted by atomic mass is 10.1. The van der Waals surface area contributed by atoms with Crippen LogP contribution in [-0.4, -0.2) is 29.8 Å². The van der Waals surface area contributed by atoms with E-state index in [9.17, 15) is 25.1 Å². The number of nitrogens with two attached hydrogens (primary N) is 1. The van der Waals surface area contributed by atoms with Crippen LogP contribution >= 0.6 is 11.8 Å². The number of nitrogens with zero attached hydrogens (tertiary/aromatic N) is 1. The third kappa shape index (κ3) is 2.63. The molecule has 9 heteroatoms. The summed E-state index contributed by atoms with van der Waals surface area (Å²) in [5, 5.41) is 34.5. The van der Waals surface area contributed by atoms with Gasteiger partial charge in [-0.25, -0.2) is 0 Å². The van der Waals surface area contributed by atoms with E-state index in [1.165, 1.54) is 24.9 Å². The first-order chi connectivity index (χ1) is 9.43. The fraction of sp³-hybridized carbons (Fsp3) is 0.364. The summed E-state index contributed by atoms with van der Waals surface area (Å²) in [6, 6.07) is 1.86. The van der Waals surface area contributed by atoms with E-state index in [2.05, 4.69) is 0 Å². The van der Waals surface area contributed by atoms with Crippen molar-refractivity contribution < 1.29 is 30.0 Å². The van der Waals surface area contributed by atoms with Crippen molar-refractivity contribution in [2.24, 2.45) is 0 Å². The summed E-state index contributed by atoms with van der Waals surface area (Å²) in [5.74, 6) is -1.76. The summed E-state index contributed by atoms with van der Waals surface area (Å²) in [7, 11) is 1.25. The number of carboxylic acid groups (broad SMARTS) is 1. The van der Waals surface area contributed by atoms with E-state index in [1.54, 1.807) is 5.32 Å². The first kappa shape index (κ1) is 14.4. The Morgan fingerprint density at radius 2 is 2.25 bits per heavy atom. The molecule has 8 nitrogen and oxygen atoms in total. The number of hydrogen-bond donors (Lipinski definition) is 1. The van der Waals surface area contributed by atoms with Crippen LogP contribution in [0.3, 0.4) is 0 Å². The highest BCUT2D eigenvalue weighted by molar-refractivity contribution is 7.99. The first-order valence-corrected chi connectivity index (χ1v) is 6.69. The highest BCUT2D eigenvalue weighted by Crippen LogP contribution is 2.38. The molecule has 20 heavy (non-hydrogen) atoms. The normalized spacial score (nSPS) is 21.6. The zero-order valence-electron chi connectivity index (χ0n) is 10.4. The molecule has 0 radical (unpaired) electrons. The second kappa shape index (κ2) is 5.55. The summed E-state index contributed by atoms with van der Waals surface area (Å²) in [4.78, 5) is 20.9. The maximum absolute atomic E-state index is 11.7. The molecule has 2 atom stereocenters. The first-order valence-electron chi connectivity index (χ1n) is 5.64. The van der Waals surface area contributed by atoms with Crippen LogP contribution in [0.5, 0.6) is 11.5 Å². The van der Waals surface area contributed by atoms with Crippen LogP contribution in [-0.2, 0) is 4.79 Å². The lowest BCUT2D eigenvalue weighted by molar-refractivity contribution is -0.690. The van der Waals surface area contributed by atoms with Crippen LogP contribution in [0.15, 0.2) is 12.1 Å². The quantitative estimate of drug-likeness (QED) is 0.507. The minimum Gasteiger partial charge on any atom is -0.865 e. The van der Waals surface area contributed by atoms with E-state index in [1.807, 2.05) is 0 Å². The smallest absolute Gasteiger partial charge is 0.265 e. The van der Waals surface area contributed by atoms with Gasteiger partial charge in [0.25, 0.3) is 5.69 Å². The minimum absolute atomic E-state index is 0.125.